The van der Waals surface area contributed by atoms with E-state index in [2.05, 4.69) is 26.3 Å². The summed E-state index contributed by atoms with van der Waals surface area (Å²) in [4.78, 5) is 11.0. The molecule has 0 radical (unpaired) electrons. The Labute approximate surface area is 123 Å². The molecule has 1 atom stereocenters. The van der Waals surface area contributed by atoms with Gasteiger partial charge in [-0.15, -0.1) is 10.2 Å². The van der Waals surface area contributed by atoms with Crippen molar-refractivity contribution in [3.63, 3.8) is 0 Å². The Kier molecular flexibility index (Phi) is 5.39. The standard InChI is InChI=1S/C7H9Cl3N6OS/c1-4(17)13-5(7(8,9)10)14-6(18)15-16-2-11-12-3-16/h2-3,5H,1H3,(H,13,17)(H2,14,15,18)/t5-/m0/s1. The van der Waals surface area contributed by atoms with Gasteiger partial charge in [-0.1, -0.05) is 34.8 Å². The molecule has 0 spiro atoms. The summed E-state index contributed by atoms with van der Waals surface area (Å²) in [6, 6.07) is 0. The first-order chi connectivity index (χ1) is 8.29. The number of carbonyl (C=O) groups excluding carboxylic acids is 1. The molecule has 0 aliphatic rings. The normalized spacial score (nSPS) is 12.7. The van der Waals surface area contributed by atoms with E-state index in [1.165, 1.54) is 24.3 Å². The molecule has 1 aromatic heterocycles. The van der Waals surface area contributed by atoms with Gasteiger partial charge in [0.2, 0.25) is 9.70 Å². The molecule has 1 aromatic rings. The molecule has 0 aliphatic heterocycles. The van der Waals surface area contributed by atoms with Crippen molar-refractivity contribution in [1.82, 2.24) is 25.5 Å². The van der Waals surface area contributed by atoms with Gasteiger partial charge in [0.1, 0.15) is 18.8 Å². The molecule has 100 valence electrons. The van der Waals surface area contributed by atoms with Gasteiger partial charge in [-0.25, -0.2) is 4.68 Å². The van der Waals surface area contributed by atoms with Crippen LogP contribution in [0.25, 0.3) is 0 Å². The molecule has 18 heavy (non-hydrogen) atoms. The zero-order valence-electron chi connectivity index (χ0n) is 9.02. The van der Waals surface area contributed by atoms with Crippen LogP contribution in [0.4, 0.5) is 0 Å². The highest BCUT2D eigenvalue weighted by atomic mass is 35.6. The van der Waals surface area contributed by atoms with Gasteiger partial charge in [-0.05, 0) is 12.2 Å². The summed E-state index contributed by atoms with van der Waals surface area (Å²) in [7, 11) is 0. The van der Waals surface area contributed by atoms with Crippen LogP contribution in [-0.4, -0.2) is 35.9 Å². The van der Waals surface area contributed by atoms with E-state index in [-0.39, 0.29) is 11.0 Å². The number of hydrogen-bond donors (Lipinski definition) is 3. The largest absolute Gasteiger partial charge is 0.338 e. The van der Waals surface area contributed by atoms with E-state index in [0.717, 1.165) is 0 Å². The SMILES string of the molecule is CC(=O)N[C@@H](NC(=S)Nn1cnnc1)C(Cl)(Cl)Cl. The van der Waals surface area contributed by atoms with Crippen molar-refractivity contribution >= 4 is 58.0 Å². The average Bonchev–Trinajstić information content (AvgIpc) is 2.67. The van der Waals surface area contributed by atoms with E-state index in [9.17, 15) is 4.79 Å². The first-order valence-corrected chi connectivity index (χ1v) is 6.09. The predicted octanol–water partition coefficient (Wildman–Crippen LogP) is 0.529. The van der Waals surface area contributed by atoms with E-state index in [0.29, 0.717) is 0 Å². The van der Waals surface area contributed by atoms with Crippen LogP contribution in [-0.2, 0) is 4.79 Å². The van der Waals surface area contributed by atoms with Gasteiger partial charge in [0, 0.05) is 6.92 Å². The smallest absolute Gasteiger partial charge is 0.228 e. The Morgan fingerprint density at radius 2 is 1.89 bits per heavy atom. The van der Waals surface area contributed by atoms with Gasteiger partial charge in [0.25, 0.3) is 0 Å². The van der Waals surface area contributed by atoms with E-state index in [1.807, 2.05) is 0 Å². The van der Waals surface area contributed by atoms with Gasteiger partial charge in [0.15, 0.2) is 5.11 Å². The number of aromatic nitrogens is 3. The lowest BCUT2D eigenvalue weighted by Gasteiger charge is -2.27. The van der Waals surface area contributed by atoms with E-state index in [1.54, 1.807) is 0 Å². The third-order valence-corrected chi connectivity index (χ3v) is 2.46. The fraction of sp³-hybridized carbons (Fsp3) is 0.429. The van der Waals surface area contributed by atoms with Crippen molar-refractivity contribution in [3.05, 3.63) is 12.7 Å². The first kappa shape index (κ1) is 15.2. The Morgan fingerprint density at radius 3 is 2.33 bits per heavy atom. The maximum atomic E-state index is 11.0. The van der Waals surface area contributed by atoms with Crippen LogP contribution in [0.2, 0.25) is 0 Å². The van der Waals surface area contributed by atoms with Crippen molar-refractivity contribution in [2.24, 2.45) is 0 Å². The predicted molar refractivity (Wildman–Crippen MR) is 73.0 cm³/mol. The Bertz CT molecular complexity index is 419. The van der Waals surface area contributed by atoms with Crippen LogP contribution in [0.5, 0.6) is 0 Å². The topological polar surface area (TPSA) is 83.9 Å². The van der Waals surface area contributed by atoms with Crippen molar-refractivity contribution in [2.75, 3.05) is 5.43 Å². The van der Waals surface area contributed by atoms with E-state index < -0.39 is 9.96 Å². The zero-order chi connectivity index (χ0) is 13.8. The van der Waals surface area contributed by atoms with Crippen molar-refractivity contribution in [2.45, 2.75) is 16.9 Å². The molecule has 0 aromatic carbocycles. The molecular weight excluding hydrogens is 323 g/mol. The quantitative estimate of drug-likeness (QED) is 0.426. The van der Waals surface area contributed by atoms with Crippen LogP contribution < -0.4 is 16.1 Å². The van der Waals surface area contributed by atoms with Crippen LogP contribution in [0.15, 0.2) is 12.7 Å². The molecule has 0 fully saturated rings. The molecule has 0 unspecified atom stereocenters. The Morgan fingerprint density at radius 1 is 1.33 bits per heavy atom. The molecule has 0 saturated carbocycles. The maximum Gasteiger partial charge on any atom is 0.228 e. The number of rotatable bonds is 3. The molecule has 3 N–H and O–H groups in total. The van der Waals surface area contributed by atoms with Gasteiger partial charge in [-0.3, -0.25) is 10.2 Å². The Hall–Kier alpha value is -0.830. The number of alkyl halides is 3. The number of carbonyl (C=O) groups is 1. The molecule has 1 amide bonds. The molecule has 0 aliphatic carbocycles. The van der Waals surface area contributed by atoms with Crippen LogP contribution in [0.1, 0.15) is 6.92 Å². The minimum atomic E-state index is -1.76. The minimum absolute atomic E-state index is 0.125. The molecule has 0 saturated heterocycles. The van der Waals surface area contributed by atoms with Gasteiger partial charge < -0.3 is 10.6 Å². The van der Waals surface area contributed by atoms with E-state index >= 15 is 0 Å². The minimum Gasteiger partial charge on any atom is -0.338 e. The molecule has 7 nitrogen and oxygen atoms in total. The summed E-state index contributed by atoms with van der Waals surface area (Å²) in [5.41, 5.74) is 2.68. The van der Waals surface area contributed by atoms with Crippen LogP contribution in [0, 0.1) is 0 Å². The summed E-state index contributed by atoms with van der Waals surface area (Å²) >= 11 is 22.1. The highest BCUT2D eigenvalue weighted by molar-refractivity contribution is 7.80. The molecule has 0 bridgehead atoms. The summed E-state index contributed by atoms with van der Waals surface area (Å²) in [5, 5.41) is 12.3. The van der Waals surface area contributed by atoms with Gasteiger partial charge in [0.05, 0.1) is 0 Å². The first-order valence-electron chi connectivity index (χ1n) is 4.55. The lowest BCUT2D eigenvalue weighted by atomic mass is 10.5. The fourth-order valence-electron chi connectivity index (χ4n) is 0.942. The van der Waals surface area contributed by atoms with Gasteiger partial charge >= 0.3 is 0 Å². The monoisotopic (exact) mass is 330 g/mol. The summed E-state index contributed by atoms with van der Waals surface area (Å²) in [6.07, 6.45) is 1.80. The van der Waals surface area contributed by atoms with Crippen molar-refractivity contribution in [1.29, 1.82) is 0 Å². The molecule has 1 heterocycles. The zero-order valence-corrected chi connectivity index (χ0v) is 12.1. The highest BCUT2D eigenvalue weighted by Gasteiger charge is 2.33. The average molecular weight is 332 g/mol. The number of hydrogen-bond acceptors (Lipinski definition) is 4. The maximum absolute atomic E-state index is 11.0. The van der Waals surface area contributed by atoms with E-state index in [4.69, 9.17) is 47.0 Å². The molecular formula is C7H9Cl3N6OS. The number of halogens is 3. The highest BCUT2D eigenvalue weighted by Crippen LogP contribution is 2.28. The number of nitrogens with zero attached hydrogens (tertiary/aromatic N) is 3. The second-order valence-corrected chi connectivity index (χ2v) is 5.91. The lowest BCUT2D eigenvalue weighted by Crippen LogP contribution is -2.56. The second-order valence-electron chi connectivity index (χ2n) is 3.13. The fourth-order valence-corrected chi connectivity index (χ4v) is 1.49. The second kappa shape index (κ2) is 6.37. The van der Waals surface area contributed by atoms with Crippen molar-refractivity contribution < 1.29 is 4.79 Å². The van der Waals surface area contributed by atoms with Crippen molar-refractivity contribution in [3.8, 4) is 0 Å². The van der Waals surface area contributed by atoms with Crippen LogP contribution >= 0.6 is 47.0 Å². The molecule has 11 heteroatoms. The number of amides is 1. The lowest BCUT2D eigenvalue weighted by molar-refractivity contribution is -0.119. The Balaban J connectivity index is 2.60. The van der Waals surface area contributed by atoms with Gasteiger partial charge in [-0.2, -0.15) is 0 Å². The molecule has 1 rings (SSSR count). The summed E-state index contributed by atoms with van der Waals surface area (Å²) < 4.78 is -0.372. The summed E-state index contributed by atoms with van der Waals surface area (Å²) in [6.45, 7) is 1.29. The van der Waals surface area contributed by atoms with Crippen LogP contribution in [0.3, 0.4) is 0 Å². The third-order valence-electron chi connectivity index (χ3n) is 1.60. The number of nitrogens with one attached hydrogen (secondary N) is 3. The third kappa shape index (κ3) is 5.21. The summed E-state index contributed by atoms with van der Waals surface area (Å²) in [5.74, 6) is -0.370. The number of thiocarbonyl (C=S) groups is 1.